The first-order chi connectivity index (χ1) is 12.5. The molecule has 2 nitrogen and oxygen atoms in total. The third-order valence-electron chi connectivity index (χ3n) is 4.93. The Labute approximate surface area is 165 Å². The van der Waals surface area contributed by atoms with Crippen LogP contribution in [0.4, 0.5) is 0 Å². The first kappa shape index (κ1) is 21.8. The molecular weight excluding hydrogens is 340 g/mol. The predicted molar refractivity (Wildman–Crippen MR) is 113 cm³/mol. The molecule has 0 unspecified atom stereocenters. The normalized spacial score (nSPS) is 23.9. The van der Waals surface area contributed by atoms with Crippen molar-refractivity contribution in [1.82, 2.24) is 0 Å². The monoisotopic (exact) mass is 378 g/mol. The van der Waals surface area contributed by atoms with E-state index in [2.05, 4.69) is 58.0 Å². The molecule has 0 aliphatic carbocycles. The minimum Gasteiger partial charge on any atom is -0.349 e. The Hall–Kier alpha value is -0.510. The second-order valence-corrected chi connectivity index (χ2v) is 9.77. The smallest absolute Gasteiger partial charge is 0.163 e. The topological polar surface area (TPSA) is 18.5 Å². The fourth-order valence-electron chi connectivity index (χ4n) is 3.38. The molecule has 0 aromatic heterocycles. The molecule has 0 N–H and O–H groups in total. The molecule has 0 bridgehead atoms. The fourth-order valence-corrected chi connectivity index (χ4v) is 4.28. The lowest BCUT2D eigenvalue weighted by molar-refractivity contribution is -0.280. The average Bonchev–Trinajstić information content (AvgIpc) is 2.62. The van der Waals surface area contributed by atoms with Crippen molar-refractivity contribution in [3.63, 3.8) is 0 Å². The minimum atomic E-state index is -0.0702. The third kappa shape index (κ3) is 8.02. The number of unbranched alkanes of at least 4 members (excludes halogenated alkanes) is 3. The number of hydrogen-bond acceptors (Lipinski definition) is 3. The molecule has 0 amide bonds. The van der Waals surface area contributed by atoms with Gasteiger partial charge in [0.15, 0.2) is 6.29 Å². The predicted octanol–water partition coefficient (Wildman–Crippen LogP) is 7.08. The summed E-state index contributed by atoms with van der Waals surface area (Å²) >= 11 is 1.95. The molecule has 26 heavy (non-hydrogen) atoms. The van der Waals surface area contributed by atoms with E-state index in [1.54, 1.807) is 0 Å². The van der Waals surface area contributed by atoms with Crippen molar-refractivity contribution >= 4 is 11.8 Å². The minimum absolute atomic E-state index is 0.0408. The Bertz CT molecular complexity index is 483. The maximum absolute atomic E-state index is 6.33. The molecule has 3 atom stereocenters. The van der Waals surface area contributed by atoms with Gasteiger partial charge in [0.25, 0.3) is 0 Å². The Morgan fingerprint density at radius 1 is 0.923 bits per heavy atom. The van der Waals surface area contributed by atoms with Crippen LogP contribution in [0, 0.1) is 5.41 Å². The molecule has 1 aromatic rings. The molecule has 1 saturated heterocycles. The second kappa shape index (κ2) is 11.4. The molecule has 1 aliphatic rings. The Kier molecular flexibility index (Phi) is 9.52. The first-order valence-electron chi connectivity index (χ1n) is 10.5. The van der Waals surface area contributed by atoms with Crippen LogP contribution >= 0.6 is 11.8 Å². The first-order valence-corrected chi connectivity index (χ1v) is 11.5. The van der Waals surface area contributed by atoms with Crippen molar-refractivity contribution in [2.45, 2.75) is 102 Å². The summed E-state index contributed by atoms with van der Waals surface area (Å²) in [6.07, 6.45) is 10.5. The summed E-state index contributed by atoms with van der Waals surface area (Å²) in [7, 11) is 0. The van der Waals surface area contributed by atoms with Crippen molar-refractivity contribution in [1.29, 1.82) is 0 Å². The Balaban J connectivity index is 1.77. The number of rotatable bonds is 10. The van der Waals surface area contributed by atoms with Crippen LogP contribution in [0.1, 0.15) is 79.1 Å². The van der Waals surface area contributed by atoms with Gasteiger partial charge >= 0.3 is 0 Å². The lowest BCUT2D eigenvalue weighted by Gasteiger charge is -2.41. The van der Waals surface area contributed by atoms with Gasteiger partial charge in [-0.05, 0) is 43.6 Å². The van der Waals surface area contributed by atoms with Gasteiger partial charge in [0.05, 0.1) is 12.2 Å². The van der Waals surface area contributed by atoms with Crippen LogP contribution in [0.3, 0.4) is 0 Å². The molecule has 0 radical (unpaired) electrons. The Morgan fingerprint density at radius 3 is 2.19 bits per heavy atom. The van der Waals surface area contributed by atoms with Crippen LogP contribution < -0.4 is 0 Å². The molecule has 0 spiro atoms. The van der Waals surface area contributed by atoms with Gasteiger partial charge in [0.1, 0.15) is 0 Å². The highest BCUT2D eigenvalue weighted by atomic mass is 32.2. The van der Waals surface area contributed by atoms with Gasteiger partial charge in [-0.2, -0.15) is 0 Å². The van der Waals surface area contributed by atoms with E-state index in [0.717, 1.165) is 18.6 Å². The summed E-state index contributed by atoms with van der Waals surface area (Å²) in [6, 6.07) is 10.7. The molecule has 148 valence electrons. The van der Waals surface area contributed by atoms with Gasteiger partial charge in [0, 0.05) is 10.3 Å². The van der Waals surface area contributed by atoms with Crippen LogP contribution in [0.2, 0.25) is 0 Å². The van der Waals surface area contributed by atoms with Crippen LogP contribution in [-0.2, 0) is 9.47 Å². The van der Waals surface area contributed by atoms with E-state index in [-0.39, 0.29) is 11.7 Å². The zero-order chi connectivity index (χ0) is 18.8. The van der Waals surface area contributed by atoms with Crippen molar-refractivity contribution in [3.8, 4) is 0 Å². The van der Waals surface area contributed by atoms with Gasteiger partial charge in [-0.3, -0.25) is 0 Å². The highest BCUT2D eigenvalue weighted by Crippen LogP contribution is 2.34. The van der Waals surface area contributed by atoms with E-state index in [4.69, 9.17) is 9.47 Å². The van der Waals surface area contributed by atoms with Crippen molar-refractivity contribution in [2.75, 3.05) is 5.75 Å². The van der Waals surface area contributed by atoms with Crippen molar-refractivity contribution in [3.05, 3.63) is 30.3 Å². The summed E-state index contributed by atoms with van der Waals surface area (Å²) in [5.41, 5.74) is 0.0408. The van der Waals surface area contributed by atoms with E-state index in [0.29, 0.717) is 12.2 Å². The lowest BCUT2D eigenvalue weighted by Crippen LogP contribution is -2.44. The van der Waals surface area contributed by atoms with Crippen LogP contribution in [0.5, 0.6) is 0 Å². The maximum atomic E-state index is 6.33. The molecule has 1 fully saturated rings. The van der Waals surface area contributed by atoms with Crippen LogP contribution in [0.15, 0.2) is 35.2 Å². The van der Waals surface area contributed by atoms with Gasteiger partial charge in [-0.15, -0.1) is 11.8 Å². The quantitative estimate of drug-likeness (QED) is 0.320. The van der Waals surface area contributed by atoms with Crippen LogP contribution in [-0.4, -0.2) is 24.3 Å². The summed E-state index contributed by atoms with van der Waals surface area (Å²) in [5, 5.41) is 0. The highest BCUT2D eigenvalue weighted by molar-refractivity contribution is 7.99. The highest BCUT2D eigenvalue weighted by Gasteiger charge is 2.36. The van der Waals surface area contributed by atoms with Gasteiger partial charge < -0.3 is 9.47 Å². The zero-order valence-corrected chi connectivity index (χ0v) is 18.0. The molecule has 1 heterocycles. The molecule has 2 rings (SSSR count). The van der Waals surface area contributed by atoms with E-state index in [1.165, 1.54) is 43.4 Å². The SMILES string of the molecule is CCCCCC[C@H]1C[C@H](CCCSc2ccccc2)O[C@@H](C(C)(C)C)O1. The second-order valence-electron chi connectivity index (χ2n) is 8.60. The summed E-state index contributed by atoms with van der Waals surface area (Å²) in [5.74, 6) is 1.16. The molecule has 1 aromatic carbocycles. The van der Waals surface area contributed by atoms with E-state index < -0.39 is 0 Å². The van der Waals surface area contributed by atoms with Crippen molar-refractivity contribution < 1.29 is 9.47 Å². The van der Waals surface area contributed by atoms with Gasteiger partial charge in [-0.1, -0.05) is 71.6 Å². The zero-order valence-electron chi connectivity index (χ0n) is 17.2. The fraction of sp³-hybridized carbons (Fsp3) is 0.739. The van der Waals surface area contributed by atoms with E-state index in [9.17, 15) is 0 Å². The van der Waals surface area contributed by atoms with Crippen LogP contribution in [0.25, 0.3) is 0 Å². The number of hydrogen-bond donors (Lipinski definition) is 0. The average molecular weight is 379 g/mol. The number of benzene rings is 1. The summed E-state index contributed by atoms with van der Waals surface area (Å²) in [4.78, 5) is 1.36. The lowest BCUT2D eigenvalue weighted by atomic mass is 9.93. The molecule has 0 saturated carbocycles. The summed E-state index contributed by atoms with van der Waals surface area (Å²) in [6.45, 7) is 8.93. The molecule has 3 heteroatoms. The largest absolute Gasteiger partial charge is 0.349 e. The summed E-state index contributed by atoms with van der Waals surface area (Å²) < 4.78 is 12.6. The van der Waals surface area contributed by atoms with E-state index >= 15 is 0 Å². The van der Waals surface area contributed by atoms with Crippen molar-refractivity contribution in [2.24, 2.45) is 5.41 Å². The Morgan fingerprint density at radius 2 is 1.58 bits per heavy atom. The number of ether oxygens (including phenoxy) is 2. The van der Waals surface area contributed by atoms with Gasteiger partial charge in [0.2, 0.25) is 0 Å². The number of thioether (sulfide) groups is 1. The van der Waals surface area contributed by atoms with Gasteiger partial charge in [-0.25, -0.2) is 0 Å². The third-order valence-corrected chi connectivity index (χ3v) is 6.03. The molecular formula is C23H38O2S. The standard InChI is InChI=1S/C23H38O2S/c1-5-6-7-9-13-19-18-20(25-22(24-19)23(2,3)4)14-12-17-26-21-15-10-8-11-16-21/h8,10-11,15-16,19-20,22H,5-7,9,12-14,17-18H2,1-4H3/t19-,20-,22-/m0/s1. The molecule has 1 aliphatic heterocycles. The maximum Gasteiger partial charge on any atom is 0.163 e. The van der Waals surface area contributed by atoms with E-state index in [1.807, 2.05) is 11.8 Å².